The van der Waals surface area contributed by atoms with E-state index in [1.54, 1.807) is 0 Å². The predicted octanol–water partition coefficient (Wildman–Crippen LogP) is 2.07. The van der Waals surface area contributed by atoms with Crippen molar-refractivity contribution >= 4 is 5.96 Å². The molecule has 1 atom stereocenters. The average molecular weight is 268 g/mol. The molecule has 19 heavy (non-hydrogen) atoms. The highest BCUT2D eigenvalue weighted by Gasteiger charge is 2.14. The first-order valence-electron chi connectivity index (χ1n) is 7.93. The Morgan fingerprint density at radius 2 is 1.95 bits per heavy atom. The van der Waals surface area contributed by atoms with Gasteiger partial charge in [-0.1, -0.05) is 26.7 Å². The molecule has 1 fully saturated rings. The van der Waals surface area contributed by atoms with E-state index < -0.39 is 0 Å². The van der Waals surface area contributed by atoms with Gasteiger partial charge in [-0.3, -0.25) is 4.99 Å². The van der Waals surface area contributed by atoms with Crippen LogP contribution in [0.15, 0.2) is 4.99 Å². The van der Waals surface area contributed by atoms with Crippen molar-refractivity contribution in [3.05, 3.63) is 0 Å². The number of unbranched alkanes of at least 4 members (excludes halogenated alkanes) is 2. The summed E-state index contributed by atoms with van der Waals surface area (Å²) in [6.07, 6.45) is 6.53. The number of rotatable bonds is 8. The molecule has 1 unspecified atom stereocenters. The quantitative estimate of drug-likeness (QED) is 0.402. The highest BCUT2D eigenvalue weighted by molar-refractivity contribution is 5.79. The maximum atomic E-state index is 4.27. The van der Waals surface area contributed by atoms with E-state index in [9.17, 15) is 0 Å². The summed E-state index contributed by atoms with van der Waals surface area (Å²) in [4.78, 5) is 6.84. The third-order valence-corrected chi connectivity index (χ3v) is 3.68. The van der Waals surface area contributed by atoms with Gasteiger partial charge in [-0.2, -0.15) is 0 Å². The van der Waals surface area contributed by atoms with Crippen LogP contribution in [0.3, 0.4) is 0 Å². The first-order chi connectivity index (χ1) is 9.26. The highest BCUT2D eigenvalue weighted by atomic mass is 15.2. The zero-order chi connectivity index (χ0) is 13.9. The van der Waals surface area contributed by atoms with Crippen LogP contribution in [0.5, 0.6) is 0 Å². The number of nitrogens with zero attached hydrogens (tertiary/aromatic N) is 2. The van der Waals surface area contributed by atoms with Gasteiger partial charge < -0.3 is 15.5 Å². The van der Waals surface area contributed by atoms with Crippen LogP contribution >= 0.6 is 0 Å². The lowest BCUT2D eigenvalue weighted by Gasteiger charge is -2.21. The van der Waals surface area contributed by atoms with Crippen LogP contribution in [-0.2, 0) is 0 Å². The molecular weight excluding hydrogens is 236 g/mol. The summed E-state index contributed by atoms with van der Waals surface area (Å²) < 4.78 is 0. The maximum absolute atomic E-state index is 4.27. The molecule has 0 aromatic carbocycles. The topological polar surface area (TPSA) is 39.7 Å². The van der Waals surface area contributed by atoms with E-state index in [0.29, 0.717) is 5.92 Å². The minimum atomic E-state index is 0.673. The smallest absolute Gasteiger partial charge is 0.190 e. The van der Waals surface area contributed by atoms with Crippen molar-refractivity contribution in [2.24, 2.45) is 10.9 Å². The summed E-state index contributed by atoms with van der Waals surface area (Å²) in [6.45, 7) is 10.4. The monoisotopic (exact) mass is 268 g/mol. The van der Waals surface area contributed by atoms with Crippen LogP contribution in [0.25, 0.3) is 0 Å². The van der Waals surface area contributed by atoms with E-state index in [1.807, 2.05) is 7.05 Å². The van der Waals surface area contributed by atoms with Crippen molar-refractivity contribution in [1.29, 1.82) is 0 Å². The van der Waals surface area contributed by atoms with Crippen LogP contribution in [0.1, 0.15) is 46.0 Å². The molecule has 4 nitrogen and oxygen atoms in total. The third-order valence-electron chi connectivity index (χ3n) is 3.68. The largest absolute Gasteiger partial charge is 0.356 e. The van der Waals surface area contributed by atoms with E-state index in [2.05, 4.69) is 34.4 Å². The molecule has 0 spiro atoms. The maximum Gasteiger partial charge on any atom is 0.190 e. The lowest BCUT2D eigenvalue weighted by Crippen LogP contribution is -2.41. The van der Waals surface area contributed by atoms with Gasteiger partial charge in [-0.25, -0.2) is 0 Å². The number of aliphatic imine (C=N–C) groups is 1. The fourth-order valence-electron chi connectivity index (χ4n) is 2.54. The van der Waals surface area contributed by atoms with Gasteiger partial charge in [-0.05, 0) is 38.3 Å². The van der Waals surface area contributed by atoms with E-state index in [1.165, 1.54) is 51.7 Å². The molecular formula is C15H32N4. The fraction of sp³-hybridized carbons (Fsp3) is 0.933. The Morgan fingerprint density at radius 1 is 1.21 bits per heavy atom. The SMILES string of the molecule is CCCCCNC(=NC)NCC(C)CN1CCCC1. The standard InChI is InChI=1S/C15H32N4/c1-4-5-6-9-17-15(16-3)18-12-14(2)13-19-10-7-8-11-19/h14H,4-13H2,1-3H3,(H2,16,17,18). The average Bonchev–Trinajstić information content (AvgIpc) is 2.91. The Balaban J connectivity index is 2.10. The number of guanidine groups is 1. The minimum Gasteiger partial charge on any atom is -0.356 e. The molecule has 1 aliphatic heterocycles. The molecule has 0 aromatic rings. The van der Waals surface area contributed by atoms with Gasteiger partial charge in [0.05, 0.1) is 0 Å². The van der Waals surface area contributed by atoms with E-state index in [0.717, 1.165) is 19.0 Å². The van der Waals surface area contributed by atoms with Crippen LogP contribution < -0.4 is 10.6 Å². The zero-order valence-electron chi connectivity index (χ0n) is 13.0. The minimum absolute atomic E-state index is 0.673. The first-order valence-corrected chi connectivity index (χ1v) is 7.93. The van der Waals surface area contributed by atoms with Crippen LogP contribution in [0, 0.1) is 5.92 Å². The van der Waals surface area contributed by atoms with Gasteiger partial charge >= 0.3 is 0 Å². The van der Waals surface area contributed by atoms with Gasteiger partial charge in [0.25, 0.3) is 0 Å². The second-order valence-electron chi connectivity index (χ2n) is 5.70. The Bertz CT molecular complexity index is 247. The molecule has 0 bridgehead atoms. The number of nitrogens with one attached hydrogen (secondary N) is 2. The summed E-state index contributed by atoms with van der Waals surface area (Å²) in [7, 11) is 1.85. The molecule has 0 aliphatic carbocycles. The number of hydrogen-bond donors (Lipinski definition) is 2. The summed E-state index contributed by atoms with van der Waals surface area (Å²) >= 11 is 0. The second kappa shape index (κ2) is 10.1. The molecule has 0 radical (unpaired) electrons. The zero-order valence-corrected chi connectivity index (χ0v) is 13.0. The fourth-order valence-corrected chi connectivity index (χ4v) is 2.54. The van der Waals surface area contributed by atoms with Crippen LogP contribution in [-0.4, -0.2) is 50.6 Å². The molecule has 112 valence electrons. The molecule has 2 N–H and O–H groups in total. The van der Waals surface area contributed by atoms with Crippen molar-refractivity contribution in [1.82, 2.24) is 15.5 Å². The molecule has 0 amide bonds. The lowest BCUT2D eigenvalue weighted by atomic mass is 10.1. The summed E-state index contributed by atoms with van der Waals surface area (Å²) in [5, 5.41) is 6.81. The summed E-state index contributed by atoms with van der Waals surface area (Å²) in [5.41, 5.74) is 0. The number of hydrogen-bond acceptors (Lipinski definition) is 2. The van der Waals surface area contributed by atoms with Crippen molar-refractivity contribution in [3.8, 4) is 0 Å². The second-order valence-corrected chi connectivity index (χ2v) is 5.70. The van der Waals surface area contributed by atoms with Crippen molar-refractivity contribution < 1.29 is 0 Å². The van der Waals surface area contributed by atoms with Gasteiger partial charge in [0, 0.05) is 26.7 Å². The van der Waals surface area contributed by atoms with Crippen molar-refractivity contribution in [2.75, 3.05) is 39.8 Å². The van der Waals surface area contributed by atoms with Gasteiger partial charge in [-0.15, -0.1) is 0 Å². The van der Waals surface area contributed by atoms with Crippen LogP contribution in [0.4, 0.5) is 0 Å². The Labute approximate surface area is 119 Å². The summed E-state index contributed by atoms with van der Waals surface area (Å²) in [6, 6.07) is 0. The molecule has 4 heteroatoms. The van der Waals surface area contributed by atoms with Gasteiger partial charge in [0.15, 0.2) is 5.96 Å². The third kappa shape index (κ3) is 7.41. The van der Waals surface area contributed by atoms with E-state index in [4.69, 9.17) is 0 Å². The Morgan fingerprint density at radius 3 is 2.58 bits per heavy atom. The van der Waals surface area contributed by atoms with Crippen molar-refractivity contribution in [3.63, 3.8) is 0 Å². The van der Waals surface area contributed by atoms with Crippen molar-refractivity contribution in [2.45, 2.75) is 46.0 Å². The Hall–Kier alpha value is -0.770. The number of likely N-dealkylation sites (tertiary alicyclic amines) is 1. The highest BCUT2D eigenvalue weighted by Crippen LogP contribution is 2.09. The molecule has 1 rings (SSSR count). The van der Waals surface area contributed by atoms with E-state index >= 15 is 0 Å². The molecule has 0 aromatic heterocycles. The lowest BCUT2D eigenvalue weighted by molar-refractivity contribution is 0.287. The predicted molar refractivity (Wildman–Crippen MR) is 83.7 cm³/mol. The van der Waals surface area contributed by atoms with Gasteiger partial charge in [0.2, 0.25) is 0 Å². The first kappa shape index (κ1) is 16.3. The van der Waals surface area contributed by atoms with E-state index in [-0.39, 0.29) is 0 Å². The normalized spacial score (nSPS) is 18.6. The molecule has 1 heterocycles. The molecule has 1 saturated heterocycles. The molecule has 0 saturated carbocycles. The Kier molecular flexibility index (Phi) is 8.63. The van der Waals surface area contributed by atoms with Crippen LogP contribution in [0.2, 0.25) is 0 Å². The molecule has 1 aliphatic rings. The summed E-state index contributed by atoms with van der Waals surface area (Å²) in [5.74, 6) is 1.62. The van der Waals surface area contributed by atoms with Gasteiger partial charge in [0.1, 0.15) is 0 Å².